The monoisotopic (exact) mass is 298 g/mol. The van der Waals surface area contributed by atoms with Gasteiger partial charge >= 0.3 is 5.97 Å². The Labute approximate surface area is 123 Å². The van der Waals surface area contributed by atoms with Crippen LogP contribution in [0.1, 0.15) is 44.6 Å². The summed E-state index contributed by atoms with van der Waals surface area (Å²) in [6.07, 6.45) is 4.71. The molecule has 0 radical (unpaired) electrons. The summed E-state index contributed by atoms with van der Waals surface area (Å²) in [5, 5.41) is 9.69. The second-order valence-corrected chi connectivity index (χ2v) is 6.27. The second kappa shape index (κ2) is 6.13. The standard InChI is InChI=1S/C16H20ClFO2/c1-2-11-5-7-16(8-6-11,15(19)20)10-12-3-4-13(17)14(18)9-12/h3-4,9,11H,2,5-8,10H2,1H3,(H,19,20). The second-order valence-electron chi connectivity index (χ2n) is 5.86. The van der Waals surface area contributed by atoms with Crippen LogP contribution in [0.2, 0.25) is 5.02 Å². The predicted molar refractivity (Wildman–Crippen MR) is 77.4 cm³/mol. The summed E-state index contributed by atoms with van der Waals surface area (Å²) in [6.45, 7) is 2.15. The minimum atomic E-state index is -0.762. The highest BCUT2D eigenvalue weighted by Crippen LogP contribution is 2.43. The fourth-order valence-electron chi connectivity index (χ4n) is 3.15. The number of carboxylic acids is 1. The van der Waals surface area contributed by atoms with Gasteiger partial charge in [-0.05, 0) is 55.7 Å². The first kappa shape index (κ1) is 15.3. The summed E-state index contributed by atoms with van der Waals surface area (Å²) in [5.41, 5.74) is -0.0318. The summed E-state index contributed by atoms with van der Waals surface area (Å²) >= 11 is 5.67. The first-order chi connectivity index (χ1) is 9.47. The van der Waals surface area contributed by atoms with Crippen molar-refractivity contribution in [1.29, 1.82) is 0 Å². The Morgan fingerprint density at radius 2 is 2.10 bits per heavy atom. The van der Waals surface area contributed by atoms with Gasteiger partial charge in [-0.2, -0.15) is 0 Å². The fourth-order valence-corrected chi connectivity index (χ4v) is 3.26. The van der Waals surface area contributed by atoms with Crippen molar-refractivity contribution >= 4 is 17.6 Å². The van der Waals surface area contributed by atoms with Crippen LogP contribution < -0.4 is 0 Å². The number of aliphatic carboxylic acids is 1. The number of carboxylic acid groups (broad SMARTS) is 1. The molecule has 0 bridgehead atoms. The van der Waals surface area contributed by atoms with Crippen LogP contribution in [0.3, 0.4) is 0 Å². The summed E-state index contributed by atoms with van der Waals surface area (Å²) in [7, 11) is 0. The van der Waals surface area contributed by atoms with E-state index in [0.717, 1.165) is 19.3 Å². The maximum absolute atomic E-state index is 13.5. The zero-order chi connectivity index (χ0) is 14.8. The van der Waals surface area contributed by atoms with E-state index in [1.54, 1.807) is 6.07 Å². The average Bonchev–Trinajstić information content (AvgIpc) is 2.43. The van der Waals surface area contributed by atoms with E-state index >= 15 is 0 Å². The lowest BCUT2D eigenvalue weighted by molar-refractivity contribution is -0.151. The van der Waals surface area contributed by atoms with Crippen LogP contribution in [0.4, 0.5) is 4.39 Å². The first-order valence-electron chi connectivity index (χ1n) is 7.14. The molecule has 0 saturated heterocycles. The van der Waals surface area contributed by atoms with Gasteiger partial charge in [-0.15, -0.1) is 0 Å². The molecular weight excluding hydrogens is 279 g/mol. The number of hydrogen-bond acceptors (Lipinski definition) is 1. The Morgan fingerprint density at radius 1 is 1.45 bits per heavy atom. The van der Waals surface area contributed by atoms with Crippen molar-refractivity contribution in [2.45, 2.75) is 45.4 Å². The highest BCUT2D eigenvalue weighted by Gasteiger charge is 2.41. The Hall–Kier alpha value is -1.09. The number of benzene rings is 1. The largest absolute Gasteiger partial charge is 0.481 e. The SMILES string of the molecule is CCC1CCC(Cc2ccc(Cl)c(F)c2)(C(=O)O)CC1. The van der Waals surface area contributed by atoms with Crippen molar-refractivity contribution in [1.82, 2.24) is 0 Å². The van der Waals surface area contributed by atoms with Crippen LogP contribution in [0.5, 0.6) is 0 Å². The lowest BCUT2D eigenvalue weighted by Crippen LogP contribution is -2.37. The Morgan fingerprint density at radius 3 is 2.60 bits per heavy atom. The zero-order valence-corrected chi connectivity index (χ0v) is 12.4. The molecule has 1 aliphatic carbocycles. The smallest absolute Gasteiger partial charge is 0.309 e. The van der Waals surface area contributed by atoms with Gasteiger partial charge < -0.3 is 5.11 Å². The van der Waals surface area contributed by atoms with Crippen LogP contribution in [0.25, 0.3) is 0 Å². The van der Waals surface area contributed by atoms with E-state index in [-0.39, 0.29) is 5.02 Å². The summed E-state index contributed by atoms with van der Waals surface area (Å²) < 4.78 is 13.5. The van der Waals surface area contributed by atoms with Gasteiger partial charge in [0.1, 0.15) is 5.82 Å². The predicted octanol–water partition coefficient (Wildman–Crippen LogP) is 4.69. The molecule has 20 heavy (non-hydrogen) atoms. The van der Waals surface area contributed by atoms with Crippen LogP contribution in [0, 0.1) is 17.2 Å². The lowest BCUT2D eigenvalue weighted by Gasteiger charge is -2.36. The molecular formula is C16H20ClFO2. The Bertz CT molecular complexity index is 493. The molecule has 4 heteroatoms. The molecule has 0 amide bonds. The molecule has 2 nitrogen and oxygen atoms in total. The van der Waals surface area contributed by atoms with Crippen molar-refractivity contribution in [3.05, 3.63) is 34.6 Å². The molecule has 0 aliphatic heterocycles. The highest BCUT2D eigenvalue weighted by molar-refractivity contribution is 6.30. The minimum absolute atomic E-state index is 0.0767. The molecule has 0 spiro atoms. The van der Waals surface area contributed by atoms with Gasteiger partial charge in [-0.1, -0.05) is 31.0 Å². The first-order valence-corrected chi connectivity index (χ1v) is 7.52. The third-order valence-corrected chi connectivity index (χ3v) is 4.93. The molecule has 0 atom stereocenters. The molecule has 0 aromatic heterocycles. The Kier molecular flexibility index (Phi) is 4.69. The summed E-state index contributed by atoms with van der Waals surface area (Å²) in [5.74, 6) is -0.612. The molecule has 0 unspecified atom stereocenters. The van der Waals surface area contributed by atoms with Crippen LogP contribution >= 0.6 is 11.6 Å². The highest BCUT2D eigenvalue weighted by atomic mass is 35.5. The van der Waals surface area contributed by atoms with Gasteiger partial charge in [0.05, 0.1) is 10.4 Å². The van der Waals surface area contributed by atoms with Gasteiger partial charge in [0.15, 0.2) is 0 Å². The fraction of sp³-hybridized carbons (Fsp3) is 0.562. The topological polar surface area (TPSA) is 37.3 Å². The van der Waals surface area contributed by atoms with E-state index in [2.05, 4.69) is 6.92 Å². The van der Waals surface area contributed by atoms with E-state index in [1.807, 2.05) is 0 Å². The van der Waals surface area contributed by atoms with Crippen molar-refractivity contribution in [2.24, 2.45) is 11.3 Å². The van der Waals surface area contributed by atoms with Crippen LogP contribution in [0.15, 0.2) is 18.2 Å². The summed E-state index contributed by atoms with van der Waals surface area (Å²) in [6, 6.07) is 4.58. The van der Waals surface area contributed by atoms with Crippen LogP contribution in [-0.4, -0.2) is 11.1 Å². The number of carbonyl (C=O) groups is 1. The van der Waals surface area contributed by atoms with Crippen molar-refractivity contribution < 1.29 is 14.3 Å². The quantitative estimate of drug-likeness (QED) is 0.875. The molecule has 110 valence electrons. The molecule has 1 aliphatic rings. The number of halogens is 2. The molecule has 1 aromatic rings. The van der Waals surface area contributed by atoms with Gasteiger partial charge in [-0.25, -0.2) is 4.39 Å². The zero-order valence-electron chi connectivity index (χ0n) is 11.7. The van der Waals surface area contributed by atoms with Crippen molar-refractivity contribution in [3.8, 4) is 0 Å². The third-order valence-electron chi connectivity index (χ3n) is 4.62. The normalized spacial score (nSPS) is 26.4. The maximum Gasteiger partial charge on any atom is 0.309 e. The van der Waals surface area contributed by atoms with Gasteiger partial charge in [0.2, 0.25) is 0 Å². The maximum atomic E-state index is 13.5. The molecule has 0 heterocycles. The van der Waals surface area contributed by atoms with E-state index in [9.17, 15) is 14.3 Å². The molecule has 1 saturated carbocycles. The molecule has 1 fully saturated rings. The number of rotatable bonds is 4. The van der Waals surface area contributed by atoms with Crippen molar-refractivity contribution in [3.63, 3.8) is 0 Å². The van der Waals surface area contributed by atoms with E-state index in [1.165, 1.54) is 12.1 Å². The Balaban J connectivity index is 2.17. The molecule has 2 rings (SSSR count). The van der Waals surface area contributed by atoms with Gasteiger partial charge in [0.25, 0.3) is 0 Å². The summed E-state index contributed by atoms with van der Waals surface area (Å²) in [4.78, 5) is 11.7. The van der Waals surface area contributed by atoms with Crippen LogP contribution in [-0.2, 0) is 11.2 Å². The molecule has 1 N–H and O–H groups in total. The number of hydrogen-bond donors (Lipinski definition) is 1. The van der Waals surface area contributed by atoms with Gasteiger partial charge in [-0.3, -0.25) is 4.79 Å². The van der Waals surface area contributed by atoms with E-state index in [0.29, 0.717) is 30.7 Å². The van der Waals surface area contributed by atoms with E-state index in [4.69, 9.17) is 11.6 Å². The lowest BCUT2D eigenvalue weighted by atomic mass is 9.67. The minimum Gasteiger partial charge on any atom is -0.481 e. The molecule has 1 aromatic carbocycles. The van der Waals surface area contributed by atoms with E-state index < -0.39 is 17.2 Å². The van der Waals surface area contributed by atoms with Gasteiger partial charge in [0, 0.05) is 0 Å². The third kappa shape index (κ3) is 3.14. The van der Waals surface area contributed by atoms with Crippen molar-refractivity contribution in [2.75, 3.05) is 0 Å². The average molecular weight is 299 g/mol.